The number of carbonyl (C=O) groups excluding carboxylic acids is 2. The van der Waals surface area contributed by atoms with Crippen LogP contribution in [0.5, 0.6) is 0 Å². The lowest BCUT2D eigenvalue weighted by molar-refractivity contribution is -0.140. The molecule has 1 aliphatic rings. The molecule has 4 nitrogen and oxygen atoms in total. The summed E-state index contributed by atoms with van der Waals surface area (Å²) in [5, 5.41) is 2.39. The van der Waals surface area contributed by atoms with Gasteiger partial charge >= 0.3 is 0 Å². The van der Waals surface area contributed by atoms with Gasteiger partial charge in [0, 0.05) is 12.9 Å². The Hall–Kier alpha value is 0.150. The third-order valence-corrected chi connectivity index (χ3v) is 5.21. The van der Waals surface area contributed by atoms with E-state index in [2.05, 4.69) is 5.32 Å². The van der Waals surface area contributed by atoms with Gasteiger partial charge in [-0.15, -0.1) is 0 Å². The fourth-order valence-corrected chi connectivity index (χ4v) is 3.74. The first kappa shape index (κ1) is 12.2. The second kappa shape index (κ2) is 5.89. The minimum Gasteiger partial charge on any atom is -0.368 e. The topological polar surface area (TPSA) is 55.4 Å². The van der Waals surface area contributed by atoms with E-state index in [9.17, 15) is 9.59 Å². The number of methoxy groups -OCH3 is 1. The fourth-order valence-electron chi connectivity index (χ4n) is 0.892. The van der Waals surface area contributed by atoms with Crippen LogP contribution >= 0.6 is 33.3 Å². The summed E-state index contributed by atoms with van der Waals surface area (Å²) in [6.45, 7) is 1.98. The molecule has 0 aromatic rings. The van der Waals surface area contributed by atoms with Crippen molar-refractivity contribution >= 4 is 43.7 Å². The van der Waals surface area contributed by atoms with Gasteiger partial charge in [-0.25, -0.2) is 0 Å². The minimum absolute atomic E-state index is 0.00361. The van der Waals surface area contributed by atoms with Gasteiger partial charge in [0.1, 0.15) is 5.37 Å². The summed E-state index contributed by atoms with van der Waals surface area (Å²) in [5.74, 6) is 0.743. The second-order valence-corrected chi connectivity index (χ2v) is 6.37. The average molecular weight is 253 g/mol. The summed E-state index contributed by atoms with van der Waals surface area (Å²) in [7, 11) is 4.16. The summed E-state index contributed by atoms with van der Waals surface area (Å²) in [4.78, 5) is 22.2. The number of β-lactam (4-membered cyclic amide) rings is 1. The number of thioether (sulfide) groups is 1. The van der Waals surface area contributed by atoms with Crippen LogP contribution in [0.2, 0.25) is 0 Å². The van der Waals surface area contributed by atoms with E-state index in [4.69, 9.17) is 4.74 Å². The van der Waals surface area contributed by atoms with Crippen LogP contribution in [0.4, 0.5) is 4.79 Å². The molecule has 1 aliphatic heterocycles. The highest BCUT2D eigenvalue weighted by Crippen LogP contribution is 2.33. The summed E-state index contributed by atoms with van der Waals surface area (Å²) in [5.41, 5.74) is 0. The Labute approximate surface area is 94.7 Å². The van der Waals surface area contributed by atoms with Gasteiger partial charge < -0.3 is 10.1 Å². The van der Waals surface area contributed by atoms with Gasteiger partial charge in [-0.1, -0.05) is 17.7 Å². The van der Waals surface area contributed by atoms with Crippen LogP contribution in [0.1, 0.15) is 6.92 Å². The number of nitrogens with one attached hydrogen (secondary N) is 1. The molecular formula is C7H11NO3S3. The van der Waals surface area contributed by atoms with E-state index in [0.29, 0.717) is 0 Å². The monoisotopic (exact) mass is 253 g/mol. The van der Waals surface area contributed by atoms with Crippen molar-refractivity contribution in [3.8, 4) is 0 Å². The van der Waals surface area contributed by atoms with Gasteiger partial charge in [-0.05, 0) is 22.6 Å². The smallest absolute Gasteiger partial charge is 0.258 e. The van der Waals surface area contributed by atoms with Crippen molar-refractivity contribution in [1.82, 2.24) is 5.32 Å². The number of hydrogen-bond donors (Lipinski definition) is 1. The van der Waals surface area contributed by atoms with Crippen LogP contribution < -0.4 is 5.32 Å². The molecular weight excluding hydrogens is 242 g/mol. The van der Waals surface area contributed by atoms with Crippen molar-refractivity contribution in [2.75, 3.05) is 12.9 Å². The van der Waals surface area contributed by atoms with Crippen LogP contribution in [0.3, 0.4) is 0 Å². The molecule has 0 aromatic heterocycles. The second-order valence-electron chi connectivity index (χ2n) is 2.44. The molecule has 1 heterocycles. The van der Waals surface area contributed by atoms with E-state index in [-0.39, 0.29) is 15.7 Å². The number of carbonyl (C=O) groups is 2. The van der Waals surface area contributed by atoms with E-state index in [1.54, 1.807) is 0 Å². The predicted molar refractivity (Wildman–Crippen MR) is 61.4 cm³/mol. The van der Waals surface area contributed by atoms with Crippen LogP contribution in [0, 0.1) is 0 Å². The Bertz CT molecular complexity index is 236. The van der Waals surface area contributed by atoms with Crippen LogP contribution in [0.15, 0.2) is 0 Å². The first-order chi connectivity index (χ1) is 6.69. The third-order valence-electron chi connectivity index (χ3n) is 1.54. The lowest BCUT2D eigenvalue weighted by atomic mass is 10.2. The van der Waals surface area contributed by atoms with Gasteiger partial charge in [0.05, 0.1) is 0 Å². The van der Waals surface area contributed by atoms with Crippen molar-refractivity contribution in [1.29, 1.82) is 0 Å². The zero-order valence-corrected chi connectivity index (χ0v) is 10.3. The van der Waals surface area contributed by atoms with Crippen LogP contribution in [-0.4, -0.2) is 34.7 Å². The van der Waals surface area contributed by atoms with E-state index in [1.165, 1.54) is 28.7 Å². The van der Waals surface area contributed by atoms with E-state index in [1.807, 2.05) is 6.92 Å². The number of rotatable bonds is 4. The van der Waals surface area contributed by atoms with Gasteiger partial charge in [0.2, 0.25) is 0 Å². The van der Waals surface area contributed by atoms with Crippen molar-refractivity contribution in [2.24, 2.45) is 0 Å². The molecule has 1 rings (SSSR count). The van der Waals surface area contributed by atoms with E-state index < -0.39 is 6.10 Å². The zero-order chi connectivity index (χ0) is 10.6. The summed E-state index contributed by atoms with van der Waals surface area (Å²) < 4.78 is 4.92. The van der Waals surface area contributed by atoms with Gasteiger partial charge in [0.15, 0.2) is 6.10 Å². The summed E-state index contributed by atoms with van der Waals surface area (Å²) >= 11 is 1.11. The van der Waals surface area contributed by atoms with E-state index in [0.717, 1.165) is 17.5 Å². The standard InChI is InChI=1S/C7H11NO3S3/c1-3-12-14-7(10)13-6-4(11-2)5(9)8-6/h4,6H,3H2,1-2H3,(H,8,9). The molecule has 1 saturated heterocycles. The Morgan fingerprint density at radius 3 is 2.86 bits per heavy atom. The first-order valence-electron chi connectivity index (χ1n) is 4.02. The minimum atomic E-state index is -0.476. The average Bonchev–Trinajstić information content (AvgIpc) is 2.14. The lowest BCUT2D eigenvalue weighted by Gasteiger charge is -2.33. The van der Waals surface area contributed by atoms with E-state index >= 15 is 0 Å². The lowest BCUT2D eigenvalue weighted by Crippen LogP contribution is -2.61. The molecule has 1 fully saturated rings. The van der Waals surface area contributed by atoms with Crippen molar-refractivity contribution in [2.45, 2.75) is 18.4 Å². The van der Waals surface area contributed by atoms with Gasteiger partial charge in [-0.3, -0.25) is 9.59 Å². The van der Waals surface area contributed by atoms with Crippen LogP contribution in [-0.2, 0) is 9.53 Å². The van der Waals surface area contributed by atoms with Crippen LogP contribution in [0.25, 0.3) is 0 Å². The molecule has 0 aromatic carbocycles. The number of hydrogen-bond acceptors (Lipinski definition) is 6. The Kier molecular flexibility index (Phi) is 5.14. The summed E-state index contributed by atoms with van der Waals surface area (Å²) in [6.07, 6.45) is -0.476. The molecule has 14 heavy (non-hydrogen) atoms. The van der Waals surface area contributed by atoms with Crippen molar-refractivity contribution in [3.05, 3.63) is 0 Å². The van der Waals surface area contributed by atoms with Gasteiger partial charge in [-0.2, -0.15) is 0 Å². The highest BCUT2D eigenvalue weighted by atomic mass is 33.1. The zero-order valence-electron chi connectivity index (χ0n) is 7.81. The molecule has 1 amide bonds. The number of ether oxygens (including phenoxy) is 1. The highest BCUT2D eigenvalue weighted by Gasteiger charge is 2.41. The molecule has 0 bridgehead atoms. The quantitative estimate of drug-likeness (QED) is 0.608. The molecule has 0 spiro atoms. The molecule has 80 valence electrons. The number of amides is 1. The maximum absolute atomic E-state index is 11.3. The SMILES string of the molecule is CCSSC(=O)SC1NC(=O)C1OC. The molecule has 1 N–H and O–H groups in total. The summed E-state index contributed by atoms with van der Waals surface area (Å²) in [6, 6.07) is 0. The molecule has 0 radical (unpaired) electrons. The third kappa shape index (κ3) is 3.08. The van der Waals surface area contributed by atoms with Crippen molar-refractivity contribution < 1.29 is 14.3 Å². The molecule has 2 atom stereocenters. The maximum atomic E-state index is 11.3. The molecule has 0 saturated carbocycles. The first-order valence-corrected chi connectivity index (χ1v) is 7.22. The largest absolute Gasteiger partial charge is 0.368 e. The molecule has 0 aliphatic carbocycles. The maximum Gasteiger partial charge on any atom is 0.258 e. The highest BCUT2D eigenvalue weighted by molar-refractivity contribution is 8.85. The Balaban J connectivity index is 2.24. The Morgan fingerprint density at radius 1 is 1.64 bits per heavy atom. The Morgan fingerprint density at radius 2 is 2.36 bits per heavy atom. The predicted octanol–water partition coefficient (Wildman–Crippen LogP) is 1.71. The normalized spacial score (nSPS) is 25.4. The van der Waals surface area contributed by atoms with Gasteiger partial charge in [0.25, 0.3) is 10.4 Å². The van der Waals surface area contributed by atoms with Crippen molar-refractivity contribution in [3.63, 3.8) is 0 Å². The fraction of sp³-hybridized carbons (Fsp3) is 0.714. The molecule has 2 unspecified atom stereocenters. The molecule has 7 heteroatoms.